The number of hydrogen-bond donors (Lipinski definition) is 1. The highest BCUT2D eigenvalue weighted by Crippen LogP contribution is 2.36. The second kappa shape index (κ2) is 7.05. The minimum atomic E-state index is -3.93. The number of benzene rings is 2. The van der Waals surface area contributed by atoms with E-state index in [-0.39, 0.29) is 22.1 Å². The van der Waals surface area contributed by atoms with Gasteiger partial charge in [0.2, 0.25) is 0 Å². The molecule has 0 unspecified atom stereocenters. The van der Waals surface area contributed by atoms with Crippen molar-refractivity contribution in [3.63, 3.8) is 0 Å². The summed E-state index contributed by atoms with van der Waals surface area (Å²) < 4.78 is 27.1. The lowest BCUT2D eigenvalue weighted by Gasteiger charge is -2.29. The van der Waals surface area contributed by atoms with Gasteiger partial charge in [-0.2, -0.15) is 0 Å². The van der Waals surface area contributed by atoms with Gasteiger partial charge in [0.25, 0.3) is 21.8 Å². The Balaban J connectivity index is 1.63. The summed E-state index contributed by atoms with van der Waals surface area (Å²) in [6, 6.07) is 11.3. The van der Waals surface area contributed by atoms with Crippen LogP contribution in [-0.4, -0.2) is 30.6 Å². The lowest BCUT2D eigenvalue weighted by Crippen LogP contribution is -2.40. The van der Waals surface area contributed by atoms with Crippen LogP contribution in [0.15, 0.2) is 47.4 Å². The summed E-state index contributed by atoms with van der Waals surface area (Å²) in [6.45, 7) is 1.95. The molecule has 0 saturated heterocycles. The number of nitrogens with zero attached hydrogens (tertiary/aromatic N) is 1. The Labute approximate surface area is 164 Å². The molecule has 7 heteroatoms. The molecule has 2 aliphatic rings. The predicted molar refractivity (Wildman–Crippen MR) is 106 cm³/mol. The smallest absolute Gasteiger partial charge is 0.269 e. The summed E-state index contributed by atoms with van der Waals surface area (Å²) >= 11 is 0. The molecule has 2 amide bonds. The number of carbonyl (C=O) groups excluding carboxylic acids is 2. The molecule has 0 radical (unpaired) electrons. The molecule has 1 aliphatic heterocycles. The summed E-state index contributed by atoms with van der Waals surface area (Å²) in [5.74, 6) is -0.891. The number of carbonyl (C=O) groups is 2. The molecule has 2 aromatic rings. The Morgan fingerprint density at radius 3 is 2.39 bits per heavy atom. The average molecular weight is 398 g/mol. The topological polar surface area (TPSA) is 83.6 Å². The largest absolute Gasteiger partial charge is 0.322 e. The van der Waals surface area contributed by atoms with E-state index in [1.165, 1.54) is 18.2 Å². The quantitative estimate of drug-likeness (QED) is 0.854. The third-order valence-electron chi connectivity index (χ3n) is 5.43. The highest BCUT2D eigenvalue weighted by Gasteiger charge is 2.45. The number of sulfonamides is 1. The summed E-state index contributed by atoms with van der Waals surface area (Å²) in [4.78, 5) is 25.3. The van der Waals surface area contributed by atoms with Crippen LogP contribution in [0.4, 0.5) is 5.69 Å². The molecule has 0 aromatic heterocycles. The Kier molecular flexibility index (Phi) is 4.71. The second-order valence-electron chi connectivity index (χ2n) is 7.43. The van der Waals surface area contributed by atoms with E-state index >= 15 is 0 Å². The van der Waals surface area contributed by atoms with Crippen LogP contribution in [0.2, 0.25) is 0 Å². The molecule has 0 atom stereocenters. The predicted octanol–water partition coefficient (Wildman–Crippen LogP) is 3.72. The maximum atomic E-state index is 13.0. The molecule has 2 aromatic carbocycles. The highest BCUT2D eigenvalue weighted by atomic mass is 32.2. The molecule has 28 heavy (non-hydrogen) atoms. The molecule has 6 nitrogen and oxygen atoms in total. The van der Waals surface area contributed by atoms with Crippen molar-refractivity contribution >= 4 is 27.5 Å². The Bertz CT molecular complexity index is 1040. The van der Waals surface area contributed by atoms with Gasteiger partial charge in [0.1, 0.15) is 4.90 Å². The fourth-order valence-corrected chi connectivity index (χ4v) is 5.75. The first-order chi connectivity index (χ1) is 13.4. The van der Waals surface area contributed by atoms with Crippen LogP contribution in [0.5, 0.6) is 0 Å². The number of anilines is 1. The van der Waals surface area contributed by atoms with Gasteiger partial charge in [-0.3, -0.25) is 9.59 Å². The number of aryl methyl sites for hydroxylation is 1. The number of hydrogen-bond acceptors (Lipinski definition) is 4. The molecule has 1 heterocycles. The van der Waals surface area contributed by atoms with Crippen molar-refractivity contribution in [1.82, 2.24) is 4.31 Å². The number of rotatable bonds is 3. The van der Waals surface area contributed by atoms with E-state index in [0.717, 1.165) is 29.1 Å². The van der Waals surface area contributed by atoms with Crippen molar-refractivity contribution in [3.05, 3.63) is 59.2 Å². The van der Waals surface area contributed by atoms with Gasteiger partial charge >= 0.3 is 0 Å². The number of nitrogens with one attached hydrogen (secondary N) is 1. The first kappa shape index (κ1) is 18.7. The highest BCUT2D eigenvalue weighted by molar-refractivity contribution is 7.90. The lowest BCUT2D eigenvalue weighted by molar-refractivity contribution is 0.0809. The van der Waals surface area contributed by atoms with Gasteiger partial charge in [-0.25, -0.2) is 12.7 Å². The molecule has 0 bridgehead atoms. The van der Waals surface area contributed by atoms with Gasteiger partial charge in [-0.15, -0.1) is 0 Å². The van der Waals surface area contributed by atoms with Crippen molar-refractivity contribution in [3.8, 4) is 0 Å². The van der Waals surface area contributed by atoms with Gasteiger partial charge in [0, 0.05) is 17.3 Å². The second-order valence-corrected chi connectivity index (χ2v) is 9.21. The molecule has 4 rings (SSSR count). The number of fused-ring (bicyclic) bond motifs is 1. The van der Waals surface area contributed by atoms with Crippen molar-refractivity contribution < 1.29 is 18.0 Å². The Morgan fingerprint density at radius 2 is 1.71 bits per heavy atom. The van der Waals surface area contributed by atoms with E-state index in [2.05, 4.69) is 5.32 Å². The van der Waals surface area contributed by atoms with Crippen molar-refractivity contribution in [2.75, 3.05) is 5.32 Å². The van der Waals surface area contributed by atoms with Crippen molar-refractivity contribution in [2.24, 2.45) is 0 Å². The molecular formula is C21H22N2O4S. The minimum Gasteiger partial charge on any atom is -0.322 e. The van der Waals surface area contributed by atoms with Crippen molar-refractivity contribution in [2.45, 2.75) is 50.0 Å². The zero-order valence-electron chi connectivity index (χ0n) is 15.6. The molecule has 1 fully saturated rings. The monoisotopic (exact) mass is 398 g/mol. The standard InChI is InChI=1S/C21H22N2O4S/c1-14-7-10-16(11-8-14)22-20(24)15-9-12-18-19(13-15)28(26,27)23(21(18)25)17-5-3-2-4-6-17/h7-13,17H,2-6H2,1H3,(H,22,24). The summed E-state index contributed by atoms with van der Waals surface area (Å²) in [5, 5.41) is 2.76. The Morgan fingerprint density at radius 1 is 1.04 bits per heavy atom. The average Bonchev–Trinajstić information content (AvgIpc) is 2.89. The first-order valence-electron chi connectivity index (χ1n) is 9.49. The third-order valence-corrected chi connectivity index (χ3v) is 7.30. The molecule has 0 spiro atoms. The van der Waals surface area contributed by atoms with Crippen LogP contribution in [0.1, 0.15) is 58.4 Å². The van der Waals surface area contributed by atoms with E-state index in [4.69, 9.17) is 0 Å². The van der Waals surface area contributed by atoms with Gasteiger partial charge in [0.05, 0.1) is 5.56 Å². The van der Waals surface area contributed by atoms with Gasteiger partial charge < -0.3 is 5.32 Å². The normalized spacial score (nSPS) is 18.8. The fourth-order valence-electron chi connectivity index (χ4n) is 3.91. The third kappa shape index (κ3) is 3.20. The maximum absolute atomic E-state index is 13.0. The van der Waals surface area contributed by atoms with Crippen molar-refractivity contribution in [1.29, 1.82) is 0 Å². The van der Waals surface area contributed by atoms with Gasteiger partial charge in [-0.1, -0.05) is 37.0 Å². The molecule has 146 valence electrons. The molecule has 1 aliphatic carbocycles. The van der Waals surface area contributed by atoms with E-state index in [1.54, 1.807) is 12.1 Å². The van der Waals surface area contributed by atoms with Gasteiger partial charge in [-0.05, 0) is 50.1 Å². The molecule has 1 saturated carbocycles. The fraction of sp³-hybridized carbons (Fsp3) is 0.333. The lowest BCUT2D eigenvalue weighted by atomic mass is 9.95. The summed E-state index contributed by atoms with van der Waals surface area (Å²) in [5.41, 5.74) is 2.06. The Hall–Kier alpha value is -2.67. The van der Waals surface area contributed by atoms with E-state index < -0.39 is 21.8 Å². The van der Waals surface area contributed by atoms with Crippen LogP contribution in [0.3, 0.4) is 0 Å². The summed E-state index contributed by atoms with van der Waals surface area (Å²) in [7, 11) is -3.93. The van der Waals surface area contributed by atoms with E-state index in [1.807, 2.05) is 19.1 Å². The SMILES string of the molecule is Cc1ccc(NC(=O)c2ccc3c(c2)S(=O)(=O)N(C2CCCCC2)C3=O)cc1. The number of amides is 2. The zero-order valence-corrected chi connectivity index (χ0v) is 16.5. The van der Waals surface area contributed by atoms with E-state index in [0.29, 0.717) is 18.5 Å². The van der Waals surface area contributed by atoms with Gasteiger partial charge in [0.15, 0.2) is 0 Å². The van der Waals surface area contributed by atoms with Crippen LogP contribution >= 0.6 is 0 Å². The first-order valence-corrected chi connectivity index (χ1v) is 10.9. The van der Waals surface area contributed by atoms with Crippen LogP contribution in [0, 0.1) is 6.92 Å². The van der Waals surface area contributed by atoms with Crippen LogP contribution < -0.4 is 5.32 Å². The maximum Gasteiger partial charge on any atom is 0.269 e. The minimum absolute atomic E-state index is 0.0698. The molecular weight excluding hydrogens is 376 g/mol. The van der Waals surface area contributed by atoms with Crippen LogP contribution in [0.25, 0.3) is 0 Å². The zero-order chi connectivity index (χ0) is 19.9. The van der Waals surface area contributed by atoms with Crippen LogP contribution in [-0.2, 0) is 10.0 Å². The molecule has 1 N–H and O–H groups in total. The summed E-state index contributed by atoms with van der Waals surface area (Å²) in [6.07, 6.45) is 4.29. The van der Waals surface area contributed by atoms with E-state index in [9.17, 15) is 18.0 Å².